The molecule has 9 heteroatoms. The number of benzene rings is 2. The Morgan fingerprint density at radius 2 is 1.97 bits per heavy atom. The van der Waals surface area contributed by atoms with Gasteiger partial charge in [0.25, 0.3) is 0 Å². The van der Waals surface area contributed by atoms with E-state index in [4.69, 9.17) is 21.5 Å². The molecule has 0 bridgehead atoms. The van der Waals surface area contributed by atoms with Crippen LogP contribution in [0.1, 0.15) is 24.8 Å². The van der Waals surface area contributed by atoms with Gasteiger partial charge < -0.3 is 10.1 Å². The van der Waals surface area contributed by atoms with Crippen molar-refractivity contribution in [3.8, 4) is 5.88 Å². The summed E-state index contributed by atoms with van der Waals surface area (Å²) in [7, 11) is -4.05. The van der Waals surface area contributed by atoms with Crippen LogP contribution in [0.5, 0.6) is 5.88 Å². The Morgan fingerprint density at radius 1 is 1.19 bits per heavy atom. The topological polar surface area (TPSA) is 111 Å². The highest BCUT2D eigenvalue weighted by Gasteiger charge is 2.22. The highest BCUT2D eigenvalue weighted by atomic mass is 35.5. The van der Waals surface area contributed by atoms with Crippen molar-refractivity contribution in [3.05, 3.63) is 59.2 Å². The molecule has 1 aliphatic rings. The van der Waals surface area contributed by atoms with Crippen molar-refractivity contribution < 1.29 is 17.9 Å². The van der Waals surface area contributed by atoms with Crippen LogP contribution < -0.4 is 15.2 Å². The molecule has 1 aliphatic carbocycles. The number of hydrogen-bond donors (Lipinski definition) is 2. The summed E-state index contributed by atoms with van der Waals surface area (Å²) in [5.41, 5.74) is 0.952. The summed E-state index contributed by atoms with van der Waals surface area (Å²) < 4.78 is 30.3. The van der Waals surface area contributed by atoms with E-state index in [1.54, 1.807) is 36.4 Å². The maximum atomic E-state index is 12.6. The molecule has 1 saturated carbocycles. The lowest BCUT2D eigenvalue weighted by molar-refractivity contribution is -0.115. The number of ether oxygens (including phenoxy) is 1. The number of pyridine rings is 1. The number of nitrogens with one attached hydrogen (secondary N) is 1. The summed E-state index contributed by atoms with van der Waals surface area (Å²) in [5.74, 6) is 0.660. The first-order valence-corrected chi connectivity index (χ1v) is 11.9. The van der Waals surface area contributed by atoms with E-state index < -0.39 is 10.0 Å². The van der Waals surface area contributed by atoms with E-state index in [-0.39, 0.29) is 22.9 Å². The summed E-state index contributed by atoms with van der Waals surface area (Å²) in [6, 6.07) is 11.6. The number of aromatic nitrogens is 1. The molecular weight excluding hydrogens is 438 g/mol. The van der Waals surface area contributed by atoms with Gasteiger partial charge in [0.2, 0.25) is 21.8 Å². The van der Waals surface area contributed by atoms with Crippen LogP contribution in [0.2, 0.25) is 5.02 Å². The van der Waals surface area contributed by atoms with E-state index >= 15 is 0 Å². The first-order chi connectivity index (χ1) is 14.8. The number of sulfonamides is 1. The van der Waals surface area contributed by atoms with Gasteiger partial charge in [-0.15, -0.1) is 0 Å². The van der Waals surface area contributed by atoms with E-state index in [0.29, 0.717) is 39.8 Å². The van der Waals surface area contributed by atoms with E-state index in [1.165, 1.54) is 25.1 Å². The van der Waals surface area contributed by atoms with Gasteiger partial charge in [-0.25, -0.2) is 18.5 Å². The van der Waals surface area contributed by atoms with E-state index in [1.807, 2.05) is 0 Å². The molecule has 2 aromatic carbocycles. The maximum Gasteiger partial charge on any atom is 0.238 e. The summed E-state index contributed by atoms with van der Waals surface area (Å²) in [4.78, 5) is 16.7. The van der Waals surface area contributed by atoms with Gasteiger partial charge in [-0.1, -0.05) is 42.6 Å². The molecule has 1 fully saturated rings. The molecule has 0 radical (unpaired) electrons. The molecule has 31 heavy (non-hydrogen) atoms. The summed E-state index contributed by atoms with van der Waals surface area (Å²) in [5, 5.41) is 9.52. The van der Waals surface area contributed by atoms with Crippen molar-refractivity contribution in [2.24, 2.45) is 11.1 Å². The molecule has 0 saturated heterocycles. The minimum atomic E-state index is -4.05. The van der Waals surface area contributed by atoms with Crippen molar-refractivity contribution in [2.75, 3.05) is 11.9 Å². The smallest absolute Gasteiger partial charge is 0.238 e. The number of fused-ring (bicyclic) bond motifs is 1. The molecule has 3 N–H and O–H groups in total. The van der Waals surface area contributed by atoms with Gasteiger partial charge >= 0.3 is 0 Å². The second-order valence-corrected chi connectivity index (χ2v) is 9.56. The molecule has 7 nitrogen and oxygen atoms in total. The van der Waals surface area contributed by atoms with Crippen LogP contribution in [0.25, 0.3) is 10.8 Å². The van der Waals surface area contributed by atoms with Crippen LogP contribution >= 0.6 is 11.6 Å². The predicted molar refractivity (Wildman–Crippen MR) is 120 cm³/mol. The Labute approximate surface area is 185 Å². The van der Waals surface area contributed by atoms with Gasteiger partial charge in [0.1, 0.15) is 0 Å². The van der Waals surface area contributed by atoms with Crippen molar-refractivity contribution in [3.63, 3.8) is 0 Å². The monoisotopic (exact) mass is 459 g/mol. The van der Waals surface area contributed by atoms with Crippen LogP contribution in [-0.2, 0) is 21.2 Å². The third kappa shape index (κ3) is 5.33. The van der Waals surface area contributed by atoms with Crippen molar-refractivity contribution in [1.29, 1.82) is 0 Å². The number of nitrogens with two attached hydrogens (primary N) is 1. The van der Waals surface area contributed by atoms with Gasteiger partial charge in [-0.05, 0) is 42.2 Å². The Balaban J connectivity index is 1.65. The maximum absolute atomic E-state index is 12.6. The normalized spacial score (nSPS) is 13.9. The van der Waals surface area contributed by atoms with Gasteiger partial charge in [0, 0.05) is 27.7 Å². The minimum absolute atomic E-state index is 0.0419. The number of anilines is 1. The number of rotatable bonds is 8. The number of nitrogens with zero attached hydrogens (tertiary/aromatic N) is 1. The Morgan fingerprint density at radius 3 is 2.68 bits per heavy atom. The van der Waals surface area contributed by atoms with Gasteiger partial charge in [0.15, 0.2) is 0 Å². The zero-order valence-electron chi connectivity index (χ0n) is 16.7. The Hall–Kier alpha value is -2.68. The van der Waals surface area contributed by atoms with Crippen LogP contribution in [0.15, 0.2) is 53.6 Å². The lowest BCUT2D eigenvalue weighted by Gasteiger charge is -2.13. The summed E-state index contributed by atoms with van der Waals surface area (Å²) >= 11 is 6.13. The lowest BCUT2D eigenvalue weighted by Crippen LogP contribution is -2.17. The average Bonchev–Trinajstić information content (AvgIpc) is 3.53. The average molecular weight is 460 g/mol. The molecule has 162 valence electrons. The fraction of sp³-hybridized carbons (Fsp3) is 0.273. The number of hydrogen-bond acceptors (Lipinski definition) is 5. The summed E-state index contributed by atoms with van der Waals surface area (Å²) in [6.07, 6.45) is 4.88. The molecular formula is C22H22ClN3O4S. The van der Waals surface area contributed by atoms with Crippen LogP contribution in [0.4, 0.5) is 5.69 Å². The highest BCUT2D eigenvalue weighted by Crippen LogP contribution is 2.34. The Kier molecular flexibility index (Phi) is 6.13. The largest absolute Gasteiger partial charge is 0.477 e. The molecule has 0 atom stereocenters. The first kappa shape index (κ1) is 21.5. The standard InChI is InChI=1S/C22H22ClN3O4S/c23-19-4-2-1-3-15(19)11-21(27)26-16-12-18-17(20(13-16)31(24,28)29)7-9-25-22(18)30-10-8-14-5-6-14/h1-4,7,9,12-14H,5-6,8,10-11H2,(H,26,27)(H2,24,28,29). The van der Waals surface area contributed by atoms with Crippen LogP contribution in [0, 0.1) is 5.92 Å². The number of carbonyl (C=O) groups is 1. The fourth-order valence-corrected chi connectivity index (χ4v) is 4.37. The SMILES string of the molecule is NS(=O)(=O)c1cc(NC(=O)Cc2ccccc2Cl)cc2c(OCCC3CC3)nccc12. The molecule has 3 aromatic rings. The molecule has 1 heterocycles. The van der Waals surface area contributed by atoms with Crippen LogP contribution in [-0.4, -0.2) is 25.9 Å². The molecule has 4 rings (SSSR count). The molecule has 1 aromatic heterocycles. The quantitative estimate of drug-likeness (QED) is 0.530. The zero-order valence-corrected chi connectivity index (χ0v) is 18.2. The van der Waals surface area contributed by atoms with E-state index in [0.717, 1.165) is 6.42 Å². The molecule has 0 spiro atoms. The third-order valence-corrected chi connectivity index (χ3v) is 6.49. The third-order valence-electron chi connectivity index (χ3n) is 5.17. The van der Waals surface area contributed by atoms with Crippen LogP contribution in [0.3, 0.4) is 0 Å². The number of amides is 1. The second-order valence-electron chi connectivity index (χ2n) is 7.63. The highest BCUT2D eigenvalue weighted by molar-refractivity contribution is 7.89. The van der Waals surface area contributed by atoms with E-state index in [2.05, 4.69) is 10.3 Å². The van der Waals surface area contributed by atoms with Gasteiger partial charge in [0.05, 0.1) is 17.9 Å². The number of halogens is 1. The fourth-order valence-electron chi connectivity index (χ4n) is 3.40. The van der Waals surface area contributed by atoms with Crippen molar-refractivity contribution in [1.82, 2.24) is 4.98 Å². The van der Waals surface area contributed by atoms with Crippen molar-refractivity contribution >= 4 is 44.0 Å². The molecule has 1 amide bonds. The predicted octanol–water partition coefficient (Wildman–Crippen LogP) is 3.90. The molecule has 0 unspecified atom stereocenters. The number of primary sulfonamides is 1. The lowest BCUT2D eigenvalue weighted by atomic mass is 10.1. The minimum Gasteiger partial charge on any atom is -0.477 e. The van der Waals surface area contributed by atoms with Crippen molar-refractivity contribution in [2.45, 2.75) is 30.6 Å². The zero-order chi connectivity index (χ0) is 22.0. The first-order valence-electron chi connectivity index (χ1n) is 9.93. The van der Waals surface area contributed by atoms with Gasteiger partial charge in [-0.2, -0.15) is 0 Å². The van der Waals surface area contributed by atoms with Gasteiger partial charge in [-0.3, -0.25) is 4.79 Å². The Bertz CT molecular complexity index is 1240. The van der Waals surface area contributed by atoms with E-state index in [9.17, 15) is 13.2 Å². The summed E-state index contributed by atoms with van der Waals surface area (Å²) in [6.45, 7) is 0.491. The molecule has 0 aliphatic heterocycles. The second kappa shape index (κ2) is 8.82. The number of carbonyl (C=O) groups excluding carboxylic acids is 1.